The number of nitrogens with zero attached hydrogens (tertiary/aromatic N) is 2. The molecule has 0 saturated carbocycles. The van der Waals surface area contributed by atoms with Crippen molar-refractivity contribution in [3.63, 3.8) is 0 Å². The van der Waals surface area contributed by atoms with Crippen LogP contribution in [0.25, 0.3) is 0 Å². The second kappa shape index (κ2) is 9.61. The van der Waals surface area contributed by atoms with Gasteiger partial charge >= 0.3 is 6.18 Å². The highest BCUT2D eigenvalue weighted by Crippen LogP contribution is 2.29. The van der Waals surface area contributed by atoms with Crippen LogP contribution in [0, 0.1) is 0 Å². The van der Waals surface area contributed by atoms with Gasteiger partial charge in [-0.25, -0.2) is 0 Å². The first kappa shape index (κ1) is 22.1. The highest BCUT2D eigenvalue weighted by Gasteiger charge is 2.31. The number of hydrogen-bond acceptors (Lipinski definition) is 3. The molecule has 1 fully saturated rings. The SMILES string of the molecule is O=C(c1ccco1)N(c1ccccc1)C1CCN(CCc2ccc(C(F)(F)[18F])cc2)CC1. The number of benzene rings is 2. The largest absolute Gasteiger partial charge is 0.459 e. The fourth-order valence-electron chi connectivity index (χ4n) is 4.15. The van der Waals surface area contributed by atoms with Gasteiger partial charge in [0.25, 0.3) is 5.91 Å². The van der Waals surface area contributed by atoms with Gasteiger partial charge in [-0.3, -0.25) is 4.79 Å². The average Bonchev–Trinajstić information content (AvgIpc) is 3.34. The molecule has 32 heavy (non-hydrogen) atoms. The Morgan fingerprint density at radius 3 is 2.25 bits per heavy atom. The Kier molecular flexibility index (Phi) is 6.65. The highest BCUT2D eigenvalue weighted by atomic mass is 19.3. The Hall–Kier alpha value is -3.06. The van der Waals surface area contributed by atoms with E-state index >= 15 is 0 Å². The van der Waals surface area contributed by atoms with Crippen LogP contribution in [0.5, 0.6) is 0 Å². The number of hydrogen-bond donors (Lipinski definition) is 0. The lowest BCUT2D eigenvalue weighted by Gasteiger charge is -2.38. The van der Waals surface area contributed by atoms with Gasteiger partial charge in [-0.1, -0.05) is 30.3 Å². The molecule has 1 aliphatic heterocycles. The lowest BCUT2D eigenvalue weighted by Crippen LogP contribution is -2.48. The zero-order valence-corrected chi connectivity index (χ0v) is 17.6. The molecule has 3 aromatic rings. The van der Waals surface area contributed by atoms with E-state index in [0.29, 0.717) is 12.2 Å². The molecule has 0 atom stereocenters. The van der Waals surface area contributed by atoms with E-state index in [1.807, 2.05) is 35.2 Å². The number of carbonyl (C=O) groups is 1. The molecule has 0 unspecified atom stereocenters. The van der Waals surface area contributed by atoms with Crippen LogP contribution >= 0.6 is 0 Å². The van der Waals surface area contributed by atoms with Crippen LogP contribution in [0.4, 0.5) is 18.9 Å². The molecular formula is C25H25F3N2O2. The minimum atomic E-state index is -4.31. The van der Waals surface area contributed by atoms with Gasteiger partial charge in [0.15, 0.2) is 5.76 Å². The number of amides is 1. The summed E-state index contributed by atoms with van der Waals surface area (Å²) in [6.45, 7) is 2.41. The molecule has 7 heteroatoms. The Bertz CT molecular complexity index is 994. The summed E-state index contributed by atoms with van der Waals surface area (Å²) in [4.78, 5) is 17.3. The van der Waals surface area contributed by atoms with Crippen molar-refractivity contribution < 1.29 is 22.4 Å². The van der Waals surface area contributed by atoms with Crippen molar-refractivity contribution in [3.05, 3.63) is 89.9 Å². The molecule has 1 aromatic heterocycles. The molecule has 0 aliphatic carbocycles. The molecule has 168 valence electrons. The van der Waals surface area contributed by atoms with Crippen molar-refractivity contribution in [1.82, 2.24) is 4.90 Å². The standard InChI is InChI=1S/C25H25F3N2O2/c26-25(27,28)20-10-8-19(9-11-20)12-15-29-16-13-22(14-17-29)30(21-5-2-1-3-6-21)24(31)23-7-4-18-32-23/h1-11,18,22H,12-17H2/i26-1. The fraction of sp³-hybridized carbons (Fsp3) is 0.320. The molecule has 0 radical (unpaired) electrons. The summed E-state index contributed by atoms with van der Waals surface area (Å²) in [5, 5.41) is 0. The summed E-state index contributed by atoms with van der Waals surface area (Å²) in [6.07, 6.45) is -0.488. The van der Waals surface area contributed by atoms with Crippen molar-refractivity contribution in [2.75, 3.05) is 24.5 Å². The van der Waals surface area contributed by atoms with Crippen LogP contribution in [-0.2, 0) is 12.6 Å². The first-order chi connectivity index (χ1) is 15.4. The minimum absolute atomic E-state index is 0.0531. The number of furan rings is 1. The Morgan fingerprint density at radius 1 is 0.969 bits per heavy atom. The zero-order chi connectivity index (χ0) is 22.6. The monoisotopic (exact) mass is 441 g/mol. The summed E-state index contributed by atoms with van der Waals surface area (Å²) in [5.74, 6) is 0.169. The molecule has 2 aromatic carbocycles. The molecule has 1 amide bonds. The van der Waals surface area contributed by atoms with Crippen molar-refractivity contribution >= 4 is 11.6 Å². The highest BCUT2D eigenvalue weighted by molar-refractivity contribution is 6.04. The number of carbonyl (C=O) groups excluding carboxylic acids is 1. The van der Waals surface area contributed by atoms with Crippen molar-refractivity contribution in [2.45, 2.75) is 31.5 Å². The predicted octanol–water partition coefficient (Wildman–Crippen LogP) is 5.65. The Balaban J connectivity index is 1.36. The molecule has 1 aliphatic rings. The number of alkyl halides is 3. The molecule has 1 saturated heterocycles. The topological polar surface area (TPSA) is 36.7 Å². The van der Waals surface area contributed by atoms with Gasteiger partial charge in [0, 0.05) is 31.4 Å². The predicted molar refractivity (Wildman–Crippen MR) is 117 cm³/mol. The van der Waals surface area contributed by atoms with E-state index in [9.17, 15) is 18.0 Å². The summed E-state index contributed by atoms with van der Waals surface area (Å²) >= 11 is 0. The molecule has 4 rings (SSSR count). The molecule has 2 heterocycles. The number of para-hydroxylation sites is 1. The molecular weight excluding hydrogens is 416 g/mol. The smallest absolute Gasteiger partial charge is 0.416 e. The summed E-state index contributed by atoms with van der Waals surface area (Å²) < 4.78 is 43.5. The van der Waals surface area contributed by atoms with Crippen molar-refractivity contribution in [3.8, 4) is 0 Å². The first-order valence-corrected chi connectivity index (χ1v) is 10.7. The number of anilines is 1. The first-order valence-electron chi connectivity index (χ1n) is 10.7. The van der Waals surface area contributed by atoms with Gasteiger partial charge in [-0.15, -0.1) is 0 Å². The molecule has 4 nitrogen and oxygen atoms in total. The van der Waals surface area contributed by atoms with E-state index in [0.717, 1.165) is 55.9 Å². The van der Waals surface area contributed by atoms with Gasteiger partial charge < -0.3 is 14.2 Å². The second-order valence-electron chi connectivity index (χ2n) is 8.01. The maximum absolute atomic E-state index is 13.1. The van der Waals surface area contributed by atoms with E-state index in [-0.39, 0.29) is 11.9 Å². The molecule has 0 N–H and O–H groups in total. The number of likely N-dealkylation sites (tertiary alicyclic amines) is 1. The van der Waals surface area contributed by atoms with Gasteiger partial charge in [0.1, 0.15) is 0 Å². The fourth-order valence-corrected chi connectivity index (χ4v) is 4.15. The Morgan fingerprint density at radius 2 is 1.66 bits per heavy atom. The Labute approximate surface area is 185 Å². The van der Waals surface area contributed by atoms with Crippen LogP contribution in [-0.4, -0.2) is 36.5 Å². The van der Waals surface area contributed by atoms with Crippen LogP contribution < -0.4 is 4.90 Å². The van der Waals surface area contributed by atoms with E-state index in [4.69, 9.17) is 4.42 Å². The van der Waals surface area contributed by atoms with Gasteiger partial charge in [0.05, 0.1) is 11.8 Å². The van der Waals surface area contributed by atoms with Crippen molar-refractivity contribution in [1.29, 1.82) is 0 Å². The summed E-state index contributed by atoms with van der Waals surface area (Å²) in [6, 6.07) is 18.4. The van der Waals surface area contributed by atoms with E-state index < -0.39 is 11.7 Å². The van der Waals surface area contributed by atoms with E-state index in [1.165, 1.54) is 6.26 Å². The maximum atomic E-state index is 13.1. The van der Waals surface area contributed by atoms with Gasteiger partial charge in [0.2, 0.25) is 0 Å². The lowest BCUT2D eigenvalue weighted by molar-refractivity contribution is -0.137. The van der Waals surface area contributed by atoms with Crippen molar-refractivity contribution in [2.24, 2.45) is 0 Å². The molecule has 0 spiro atoms. The maximum Gasteiger partial charge on any atom is 0.416 e. The van der Waals surface area contributed by atoms with Crippen LogP contribution in [0.3, 0.4) is 0 Å². The number of halogens is 3. The normalized spacial score (nSPS) is 15.6. The minimum Gasteiger partial charge on any atom is -0.459 e. The molecule has 0 bridgehead atoms. The third kappa shape index (κ3) is 5.22. The second-order valence-corrected chi connectivity index (χ2v) is 8.01. The zero-order valence-electron chi connectivity index (χ0n) is 17.6. The lowest BCUT2D eigenvalue weighted by atomic mass is 10.0. The quantitative estimate of drug-likeness (QED) is 0.496. The third-order valence-corrected chi connectivity index (χ3v) is 5.91. The van der Waals surface area contributed by atoms with Crippen LogP contribution in [0.15, 0.2) is 77.4 Å². The third-order valence-electron chi connectivity index (χ3n) is 5.91. The van der Waals surface area contributed by atoms with Crippen LogP contribution in [0.2, 0.25) is 0 Å². The average molecular weight is 441 g/mol. The summed E-state index contributed by atoms with van der Waals surface area (Å²) in [5.41, 5.74) is 1.11. The number of rotatable bonds is 6. The van der Waals surface area contributed by atoms with Gasteiger partial charge in [-0.05, 0) is 61.2 Å². The van der Waals surface area contributed by atoms with Crippen LogP contribution in [0.1, 0.15) is 34.5 Å². The van der Waals surface area contributed by atoms with E-state index in [2.05, 4.69) is 4.90 Å². The van der Waals surface area contributed by atoms with E-state index in [1.54, 1.807) is 24.3 Å². The number of piperidine rings is 1. The van der Waals surface area contributed by atoms with Gasteiger partial charge in [-0.2, -0.15) is 13.2 Å². The summed E-state index contributed by atoms with van der Waals surface area (Å²) in [7, 11) is 0.